The Morgan fingerprint density at radius 1 is 1.80 bits per heavy atom. The molecule has 0 aliphatic rings. The Kier molecular flexibility index (Phi) is 5.42. The molecule has 0 aromatic heterocycles. The molecule has 1 N–H and O–H groups in total. The normalized spacial score (nSPS) is 9.80. The number of hydrogen-bond acceptors (Lipinski definition) is 3. The van der Waals surface area contributed by atoms with Crippen LogP contribution in [0.3, 0.4) is 0 Å². The van der Waals surface area contributed by atoms with Crippen LogP contribution in [0.15, 0.2) is 5.10 Å². The maximum Gasteiger partial charge on any atom is 0.427 e. The number of nitrogens with zero attached hydrogens (tertiary/aromatic N) is 1. The van der Waals surface area contributed by atoms with Gasteiger partial charge in [-0.15, -0.1) is 0 Å². The number of ether oxygens (including phenoxy) is 1. The number of nitrogens with one attached hydrogen (secondary N) is 1. The van der Waals surface area contributed by atoms with Gasteiger partial charge in [0, 0.05) is 6.21 Å². The summed E-state index contributed by atoms with van der Waals surface area (Å²) in [5, 5.41) is 3.58. The third-order valence-electron chi connectivity index (χ3n) is 0.850. The lowest BCUT2D eigenvalue weighted by Gasteiger charge is -1.93. The molecule has 0 unspecified atom stereocenters. The first-order chi connectivity index (χ1) is 4.81. The quantitative estimate of drug-likeness (QED) is 0.476. The van der Waals surface area contributed by atoms with Gasteiger partial charge in [-0.3, -0.25) is 0 Å². The molecule has 0 saturated carbocycles. The summed E-state index contributed by atoms with van der Waals surface area (Å²) in [6.45, 7) is 2.03. The average molecular weight is 144 g/mol. The van der Waals surface area contributed by atoms with Crippen LogP contribution < -0.4 is 5.43 Å². The SMILES string of the molecule is CCC/C=N\NC(=O)OC. The molecular weight excluding hydrogens is 132 g/mol. The maximum atomic E-state index is 10.3. The lowest BCUT2D eigenvalue weighted by molar-refractivity contribution is 0.171. The first-order valence-corrected chi connectivity index (χ1v) is 3.16. The van der Waals surface area contributed by atoms with Crippen molar-refractivity contribution in [3.8, 4) is 0 Å². The van der Waals surface area contributed by atoms with E-state index in [1.54, 1.807) is 6.21 Å². The molecule has 0 atom stereocenters. The van der Waals surface area contributed by atoms with Crippen LogP contribution in [0, 0.1) is 0 Å². The first kappa shape index (κ1) is 8.94. The fourth-order valence-corrected chi connectivity index (χ4v) is 0.338. The summed E-state index contributed by atoms with van der Waals surface area (Å²) in [6, 6.07) is 0. The maximum absolute atomic E-state index is 10.3. The minimum atomic E-state index is -0.535. The molecule has 0 spiro atoms. The van der Waals surface area contributed by atoms with Crippen molar-refractivity contribution in [2.75, 3.05) is 7.11 Å². The molecule has 0 aliphatic heterocycles. The van der Waals surface area contributed by atoms with Crippen LogP contribution in [0.2, 0.25) is 0 Å². The molecule has 58 valence electrons. The van der Waals surface area contributed by atoms with Crippen LogP contribution in [0.4, 0.5) is 4.79 Å². The molecule has 10 heavy (non-hydrogen) atoms. The Morgan fingerprint density at radius 3 is 3.00 bits per heavy atom. The van der Waals surface area contributed by atoms with E-state index in [0.717, 1.165) is 12.8 Å². The highest BCUT2D eigenvalue weighted by molar-refractivity contribution is 5.68. The number of hydrazone groups is 1. The van der Waals surface area contributed by atoms with Gasteiger partial charge in [0.05, 0.1) is 7.11 Å². The number of amides is 1. The number of carbonyl (C=O) groups is 1. The van der Waals surface area contributed by atoms with Gasteiger partial charge in [-0.25, -0.2) is 10.2 Å². The Labute approximate surface area is 60.3 Å². The van der Waals surface area contributed by atoms with Gasteiger partial charge in [0.25, 0.3) is 0 Å². The van der Waals surface area contributed by atoms with Crippen LogP contribution in [-0.2, 0) is 4.74 Å². The van der Waals surface area contributed by atoms with Crippen LogP contribution in [-0.4, -0.2) is 19.4 Å². The van der Waals surface area contributed by atoms with Crippen molar-refractivity contribution >= 4 is 12.3 Å². The zero-order chi connectivity index (χ0) is 7.82. The lowest BCUT2D eigenvalue weighted by atomic mass is 10.4. The lowest BCUT2D eigenvalue weighted by Crippen LogP contribution is -2.16. The molecule has 0 saturated heterocycles. The second-order valence-electron chi connectivity index (χ2n) is 1.70. The Morgan fingerprint density at radius 2 is 2.50 bits per heavy atom. The molecule has 4 heteroatoms. The zero-order valence-corrected chi connectivity index (χ0v) is 6.26. The first-order valence-electron chi connectivity index (χ1n) is 3.16. The fraction of sp³-hybridized carbons (Fsp3) is 0.667. The van der Waals surface area contributed by atoms with E-state index in [9.17, 15) is 4.79 Å². The molecule has 0 aromatic rings. The van der Waals surface area contributed by atoms with Gasteiger partial charge in [0.15, 0.2) is 0 Å². The molecule has 0 heterocycles. The summed E-state index contributed by atoms with van der Waals surface area (Å²) in [4.78, 5) is 10.3. The van der Waals surface area contributed by atoms with E-state index < -0.39 is 6.09 Å². The summed E-state index contributed by atoms with van der Waals surface area (Å²) >= 11 is 0. The summed E-state index contributed by atoms with van der Waals surface area (Å²) in [7, 11) is 1.30. The number of hydrogen-bond donors (Lipinski definition) is 1. The van der Waals surface area contributed by atoms with E-state index in [0.29, 0.717) is 0 Å². The van der Waals surface area contributed by atoms with Crippen LogP contribution in [0.1, 0.15) is 19.8 Å². The van der Waals surface area contributed by atoms with Crippen molar-refractivity contribution in [1.82, 2.24) is 5.43 Å². The molecule has 1 amide bonds. The monoisotopic (exact) mass is 144 g/mol. The van der Waals surface area contributed by atoms with Gasteiger partial charge in [0.2, 0.25) is 0 Å². The van der Waals surface area contributed by atoms with Crippen molar-refractivity contribution in [1.29, 1.82) is 0 Å². The van der Waals surface area contributed by atoms with Gasteiger partial charge >= 0.3 is 6.09 Å². The summed E-state index contributed by atoms with van der Waals surface area (Å²) in [5.41, 5.74) is 2.18. The van der Waals surface area contributed by atoms with E-state index in [2.05, 4.69) is 15.3 Å². The van der Waals surface area contributed by atoms with Gasteiger partial charge in [-0.05, 0) is 6.42 Å². The molecule has 0 aliphatic carbocycles. The second kappa shape index (κ2) is 6.07. The van der Waals surface area contributed by atoms with Crippen molar-refractivity contribution < 1.29 is 9.53 Å². The fourth-order valence-electron chi connectivity index (χ4n) is 0.338. The number of unbranched alkanes of at least 4 members (excludes halogenated alkanes) is 1. The molecule has 0 bridgehead atoms. The zero-order valence-electron chi connectivity index (χ0n) is 6.26. The standard InChI is InChI=1S/C6H12N2O2/c1-3-4-5-7-8-6(9)10-2/h5H,3-4H2,1-2H3,(H,8,9)/b7-5-. The molecule has 0 radical (unpaired) electrons. The molecule has 0 aromatic carbocycles. The van der Waals surface area contributed by atoms with E-state index in [-0.39, 0.29) is 0 Å². The number of carbonyl (C=O) groups excluding carboxylic acids is 1. The third-order valence-corrected chi connectivity index (χ3v) is 0.850. The molecule has 4 nitrogen and oxygen atoms in total. The number of methoxy groups -OCH3 is 1. The molecule has 0 fully saturated rings. The van der Waals surface area contributed by atoms with Gasteiger partial charge in [0.1, 0.15) is 0 Å². The minimum Gasteiger partial charge on any atom is -0.452 e. The summed E-state index contributed by atoms with van der Waals surface area (Å²) < 4.78 is 4.27. The average Bonchev–Trinajstić information content (AvgIpc) is 1.98. The van der Waals surface area contributed by atoms with Crippen molar-refractivity contribution in [2.24, 2.45) is 5.10 Å². The predicted octanol–water partition coefficient (Wildman–Crippen LogP) is 1.13. The highest BCUT2D eigenvalue weighted by atomic mass is 16.5. The van der Waals surface area contributed by atoms with E-state index >= 15 is 0 Å². The van der Waals surface area contributed by atoms with Crippen molar-refractivity contribution in [3.63, 3.8) is 0 Å². The van der Waals surface area contributed by atoms with Crippen LogP contribution >= 0.6 is 0 Å². The highest BCUT2D eigenvalue weighted by Gasteiger charge is 1.90. The van der Waals surface area contributed by atoms with Gasteiger partial charge in [-0.1, -0.05) is 13.3 Å². The van der Waals surface area contributed by atoms with Crippen molar-refractivity contribution in [3.05, 3.63) is 0 Å². The molecular formula is C6H12N2O2. The van der Waals surface area contributed by atoms with Gasteiger partial charge in [-0.2, -0.15) is 5.10 Å². The Bertz CT molecular complexity index is 123. The third kappa shape index (κ3) is 5.08. The second-order valence-corrected chi connectivity index (χ2v) is 1.70. The Balaban J connectivity index is 3.25. The number of rotatable bonds is 3. The Hall–Kier alpha value is -1.06. The van der Waals surface area contributed by atoms with Crippen LogP contribution in [0.25, 0.3) is 0 Å². The largest absolute Gasteiger partial charge is 0.452 e. The van der Waals surface area contributed by atoms with Crippen LogP contribution in [0.5, 0.6) is 0 Å². The predicted molar refractivity (Wildman–Crippen MR) is 38.9 cm³/mol. The topological polar surface area (TPSA) is 50.7 Å². The van der Waals surface area contributed by atoms with Gasteiger partial charge < -0.3 is 4.74 Å². The van der Waals surface area contributed by atoms with E-state index in [4.69, 9.17) is 0 Å². The summed E-state index contributed by atoms with van der Waals surface area (Å²) in [5.74, 6) is 0. The molecule has 0 rings (SSSR count). The smallest absolute Gasteiger partial charge is 0.427 e. The van der Waals surface area contributed by atoms with E-state index in [1.165, 1.54) is 7.11 Å². The summed E-state index contributed by atoms with van der Waals surface area (Å²) in [6.07, 6.45) is 2.99. The van der Waals surface area contributed by atoms with Crippen molar-refractivity contribution in [2.45, 2.75) is 19.8 Å². The highest BCUT2D eigenvalue weighted by Crippen LogP contribution is 1.79. The van der Waals surface area contributed by atoms with E-state index in [1.807, 2.05) is 6.92 Å². The minimum absolute atomic E-state index is 0.535.